The van der Waals surface area contributed by atoms with Gasteiger partial charge in [-0.3, -0.25) is 4.72 Å². The quantitative estimate of drug-likeness (QED) is 0.775. The van der Waals surface area contributed by atoms with Crippen molar-refractivity contribution in [2.45, 2.75) is 25.7 Å². The Bertz CT molecular complexity index is 1030. The van der Waals surface area contributed by atoms with E-state index in [0.29, 0.717) is 17.1 Å². The number of pyridine rings is 1. The fourth-order valence-corrected chi connectivity index (χ4v) is 4.03. The van der Waals surface area contributed by atoms with Crippen LogP contribution < -0.4 is 4.72 Å². The van der Waals surface area contributed by atoms with Gasteiger partial charge in [0.15, 0.2) is 0 Å². The molecule has 0 spiro atoms. The number of nitrogens with zero attached hydrogens (tertiary/aromatic N) is 3. The van der Waals surface area contributed by atoms with Gasteiger partial charge in [0.25, 0.3) is 10.0 Å². The van der Waals surface area contributed by atoms with Crippen LogP contribution in [0.15, 0.2) is 47.5 Å². The molecule has 0 fully saturated rings. The van der Waals surface area contributed by atoms with Crippen LogP contribution in [0.2, 0.25) is 0 Å². The van der Waals surface area contributed by atoms with Gasteiger partial charge in [-0.15, -0.1) is 0 Å². The number of halogens is 1. The molecule has 8 heteroatoms. The number of nitrogens with one attached hydrogen (secondary N) is 1. The summed E-state index contributed by atoms with van der Waals surface area (Å²) in [5.74, 6) is -0.126. The number of sulfonamides is 1. The van der Waals surface area contributed by atoms with Crippen molar-refractivity contribution in [3.05, 3.63) is 65.4 Å². The van der Waals surface area contributed by atoms with Crippen molar-refractivity contribution in [2.24, 2.45) is 0 Å². The van der Waals surface area contributed by atoms with Gasteiger partial charge in [-0.2, -0.15) is 5.10 Å². The topological polar surface area (TPSA) is 76.9 Å². The first kappa shape index (κ1) is 17.1. The maximum Gasteiger partial charge on any atom is 0.266 e. The van der Waals surface area contributed by atoms with Gasteiger partial charge in [0, 0.05) is 6.20 Å². The molecule has 0 unspecified atom stereocenters. The molecular weight excluding hydrogens is 343 g/mol. The average molecular weight is 360 g/mol. The van der Waals surface area contributed by atoms with Crippen LogP contribution in [0, 0.1) is 26.6 Å². The van der Waals surface area contributed by atoms with Crippen molar-refractivity contribution in [1.29, 1.82) is 0 Å². The highest BCUT2D eigenvalue weighted by Crippen LogP contribution is 2.24. The molecule has 3 aromatic rings. The molecule has 1 aromatic carbocycles. The van der Waals surface area contributed by atoms with Gasteiger partial charge in [-0.05, 0) is 62.7 Å². The van der Waals surface area contributed by atoms with E-state index in [0.717, 1.165) is 5.56 Å². The van der Waals surface area contributed by atoms with Crippen molar-refractivity contribution >= 4 is 15.8 Å². The smallest absolute Gasteiger partial charge is 0.263 e. The summed E-state index contributed by atoms with van der Waals surface area (Å²) in [5.41, 5.74) is 2.26. The second kappa shape index (κ2) is 6.29. The second-order valence-electron chi connectivity index (χ2n) is 5.71. The Morgan fingerprint density at radius 2 is 1.76 bits per heavy atom. The minimum atomic E-state index is -3.86. The van der Waals surface area contributed by atoms with Crippen LogP contribution in [0.5, 0.6) is 0 Å². The zero-order valence-electron chi connectivity index (χ0n) is 14.0. The van der Waals surface area contributed by atoms with Crippen LogP contribution >= 0.6 is 0 Å². The summed E-state index contributed by atoms with van der Waals surface area (Å²) in [4.78, 5) is 4.11. The summed E-state index contributed by atoms with van der Waals surface area (Å²) in [7, 11) is -3.86. The van der Waals surface area contributed by atoms with E-state index in [1.807, 2.05) is 6.92 Å². The molecule has 6 nitrogen and oxygen atoms in total. The predicted molar refractivity (Wildman–Crippen MR) is 92.8 cm³/mol. The number of benzene rings is 1. The molecule has 130 valence electrons. The summed E-state index contributed by atoms with van der Waals surface area (Å²) >= 11 is 0. The molecule has 0 radical (unpaired) electrons. The molecule has 1 N–H and O–H groups in total. The van der Waals surface area contributed by atoms with Gasteiger partial charge < -0.3 is 0 Å². The average Bonchev–Trinajstić information content (AvgIpc) is 2.83. The fourth-order valence-electron chi connectivity index (χ4n) is 2.63. The van der Waals surface area contributed by atoms with Gasteiger partial charge in [-0.1, -0.05) is 0 Å². The largest absolute Gasteiger partial charge is 0.266 e. The Morgan fingerprint density at radius 1 is 1.08 bits per heavy atom. The lowest BCUT2D eigenvalue weighted by molar-refractivity contribution is 0.599. The maximum atomic E-state index is 13.1. The summed E-state index contributed by atoms with van der Waals surface area (Å²) < 4.78 is 42.6. The van der Waals surface area contributed by atoms with Gasteiger partial charge in [-0.25, -0.2) is 22.5 Å². The van der Waals surface area contributed by atoms with Crippen LogP contribution in [0.25, 0.3) is 5.69 Å². The number of hydrogen-bond acceptors (Lipinski definition) is 4. The van der Waals surface area contributed by atoms with E-state index in [1.54, 1.807) is 38.1 Å². The van der Waals surface area contributed by atoms with Crippen LogP contribution in [-0.4, -0.2) is 23.2 Å². The van der Waals surface area contributed by atoms with E-state index >= 15 is 0 Å². The maximum absolute atomic E-state index is 13.1. The van der Waals surface area contributed by atoms with Crippen molar-refractivity contribution in [3.63, 3.8) is 0 Å². The Morgan fingerprint density at radius 3 is 2.40 bits per heavy atom. The third-order valence-corrected chi connectivity index (χ3v) is 5.33. The Hall–Kier alpha value is -2.74. The molecule has 2 aromatic heterocycles. The number of aromatic nitrogens is 3. The second-order valence-corrected chi connectivity index (χ2v) is 7.33. The Kier molecular flexibility index (Phi) is 4.30. The molecule has 0 aliphatic carbocycles. The highest BCUT2D eigenvalue weighted by atomic mass is 32.2. The third kappa shape index (κ3) is 3.39. The summed E-state index contributed by atoms with van der Waals surface area (Å²) in [6.07, 6.45) is 1.54. The van der Waals surface area contributed by atoms with Crippen LogP contribution in [0.3, 0.4) is 0 Å². The minimum absolute atomic E-state index is 0.0835. The number of hydrogen-bond donors (Lipinski definition) is 1. The number of aryl methyl sites for hydroxylation is 2. The van der Waals surface area contributed by atoms with E-state index in [1.165, 1.54) is 23.0 Å². The first-order valence-corrected chi connectivity index (χ1v) is 9.04. The molecule has 0 atom stereocenters. The van der Waals surface area contributed by atoms with E-state index in [4.69, 9.17) is 0 Å². The third-order valence-electron chi connectivity index (χ3n) is 3.72. The zero-order valence-corrected chi connectivity index (χ0v) is 14.8. The molecule has 0 aliphatic rings. The van der Waals surface area contributed by atoms with Crippen molar-refractivity contribution in [2.75, 3.05) is 4.72 Å². The molecule has 3 rings (SSSR count). The molecule has 0 saturated heterocycles. The summed E-state index contributed by atoms with van der Waals surface area (Å²) in [5, 5.41) is 4.29. The van der Waals surface area contributed by atoms with Gasteiger partial charge in [0.2, 0.25) is 0 Å². The molecule has 0 bridgehead atoms. The van der Waals surface area contributed by atoms with Crippen molar-refractivity contribution in [3.8, 4) is 5.69 Å². The lowest BCUT2D eigenvalue weighted by Crippen LogP contribution is -2.15. The Labute approximate surface area is 145 Å². The fraction of sp³-hybridized carbons (Fsp3) is 0.176. The van der Waals surface area contributed by atoms with Gasteiger partial charge in [0.1, 0.15) is 16.5 Å². The summed E-state index contributed by atoms with van der Waals surface area (Å²) in [6, 6.07) is 9.11. The monoisotopic (exact) mass is 360 g/mol. The molecule has 2 heterocycles. The zero-order chi connectivity index (χ0) is 18.2. The number of anilines is 1. The highest BCUT2D eigenvalue weighted by molar-refractivity contribution is 7.92. The van der Waals surface area contributed by atoms with Crippen molar-refractivity contribution < 1.29 is 12.8 Å². The van der Waals surface area contributed by atoms with Gasteiger partial charge >= 0.3 is 0 Å². The Balaban J connectivity index is 2.03. The van der Waals surface area contributed by atoms with E-state index in [9.17, 15) is 12.8 Å². The molecule has 25 heavy (non-hydrogen) atoms. The minimum Gasteiger partial charge on any atom is -0.263 e. The lowest BCUT2D eigenvalue weighted by Gasteiger charge is -2.09. The molecular formula is C17H17FN4O2S. The standard InChI is InChI=1S/C17H17FN4O2S/c1-11-8-9-19-16(10-11)21-25(23,24)17-12(2)20-22(13(17)3)15-6-4-14(18)5-7-15/h4-10H,1-3H3,(H,19,21). The predicted octanol–water partition coefficient (Wildman–Crippen LogP) is 3.13. The van der Waals surface area contributed by atoms with E-state index in [-0.39, 0.29) is 16.5 Å². The van der Waals surface area contributed by atoms with Crippen LogP contribution in [0.4, 0.5) is 10.2 Å². The summed E-state index contributed by atoms with van der Waals surface area (Å²) in [6.45, 7) is 5.12. The van der Waals surface area contributed by atoms with Crippen LogP contribution in [0.1, 0.15) is 17.0 Å². The van der Waals surface area contributed by atoms with Crippen LogP contribution in [-0.2, 0) is 10.0 Å². The first-order chi connectivity index (χ1) is 11.8. The molecule has 0 saturated carbocycles. The van der Waals surface area contributed by atoms with Crippen molar-refractivity contribution in [1.82, 2.24) is 14.8 Å². The highest BCUT2D eigenvalue weighted by Gasteiger charge is 2.25. The van der Waals surface area contributed by atoms with E-state index < -0.39 is 10.0 Å². The lowest BCUT2D eigenvalue weighted by atomic mass is 10.3. The first-order valence-electron chi connectivity index (χ1n) is 7.55. The normalized spacial score (nSPS) is 11.5. The molecule has 0 amide bonds. The number of rotatable bonds is 4. The molecule has 0 aliphatic heterocycles. The van der Waals surface area contributed by atoms with E-state index in [2.05, 4.69) is 14.8 Å². The van der Waals surface area contributed by atoms with Gasteiger partial charge in [0.05, 0.1) is 17.1 Å². The SMILES string of the molecule is Cc1ccnc(NS(=O)(=O)c2c(C)nn(-c3ccc(F)cc3)c2C)c1.